The summed E-state index contributed by atoms with van der Waals surface area (Å²) in [5.74, 6) is -0.484. The van der Waals surface area contributed by atoms with Crippen LogP contribution in [0, 0.1) is 0 Å². The quantitative estimate of drug-likeness (QED) is 0.299. The molecule has 0 radical (unpaired) electrons. The third kappa shape index (κ3) is 6.64. The third-order valence-corrected chi connectivity index (χ3v) is 3.70. The molecule has 0 aliphatic heterocycles. The van der Waals surface area contributed by atoms with Crippen molar-refractivity contribution in [2.75, 3.05) is 13.2 Å². The highest BCUT2D eigenvalue weighted by atomic mass is 16.5. The summed E-state index contributed by atoms with van der Waals surface area (Å²) in [6.07, 6.45) is 3.24. The van der Waals surface area contributed by atoms with Crippen LogP contribution in [0.5, 0.6) is 17.2 Å². The fourth-order valence-electron chi connectivity index (χ4n) is 2.15. The molecule has 2 amide bonds. The maximum Gasteiger partial charge on any atom is 0.259 e. The molecule has 8 heteroatoms. The molecule has 2 aromatic carbocycles. The number of ether oxygens (including phenoxy) is 1. The molecule has 0 atom stereocenters. The van der Waals surface area contributed by atoms with Crippen LogP contribution >= 0.6 is 0 Å². The molecule has 0 fully saturated rings. The number of carbonyl (C=O) groups excluding carboxylic acids is 2. The standard InChI is InChI=1S/C20H23N3O5/c1-2-3-10-28-17-8-5-14(6-9-17)20(27)21-13-19(26)23-22-12-15-4-7-16(24)11-18(15)25/h4-9,11-12,24-25H,2-3,10,13H2,1H3,(H,21,27)(H,23,26)/b22-12+. The van der Waals surface area contributed by atoms with Gasteiger partial charge in [0.05, 0.1) is 19.4 Å². The number of hydrogen-bond donors (Lipinski definition) is 4. The van der Waals surface area contributed by atoms with Crippen molar-refractivity contribution in [3.05, 3.63) is 53.6 Å². The van der Waals surface area contributed by atoms with Crippen LogP contribution in [0.15, 0.2) is 47.6 Å². The van der Waals surface area contributed by atoms with E-state index in [9.17, 15) is 19.8 Å². The molecule has 0 heterocycles. The predicted octanol–water partition coefficient (Wildman–Crippen LogP) is 2.16. The van der Waals surface area contributed by atoms with E-state index in [0.29, 0.717) is 23.5 Å². The number of hydrogen-bond acceptors (Lipinski definition) is 6. The number of phenolic OH excluding ortho intramolecular Hbond substituents is 2. The fraction of sp³-hybridized carbons (Fsp3) is 0.250. The van der Waals surface area contributed by atoms with Crippen LogP contribution in [0.4, 0.5) is 0 Å². The van der Waals surface area contributed by atoms with Crippen molar-refractivity contribution in [3.8, 4) is 17.2 Å². The van der Waals surface area contributed by atoms with Crippen LogP contribution in [0.1, 0.15) is 35.7 Å². The van der Waals surface area contributed by atoms with Gasteiger partial charge in [0.2, 0.25) is 0 Å². The molecule has 2 rings (SSSR count). The Balaban J connectivity index is 1.77. The van der Waals surface area contributed by atoms with Crippen LogP contribution in [0.3, 0.4) is 0 Å². The van der Waals surface area contributed by atoms with Gasteiger partial charge in [-0.2, -0.15) is 5.10 Å². The zero-order valence-electron chi connectivity index (χ0n) is 15.5. The lowest BCUT2D eigenvalue weighted by molar-refractivity contribution is -0.120. The number of carbonyl (C=O) groups is 2. The van der Waals surface area contributed by atoms with E-state index in [1.165, 1.54) is 18.3 Å². The molecular weight excluding hydrogens is 362 g/mol. The first-order chi connectivity index (χ1) is 13.5. The van der Waals surface area contributed by atoms with Gasteiger partial charge in [-0.1, -0.05) is 13.3 Å². The lowest BCUT2D eigenvalue weighted by atomic mass is 10.2. The lowest BCUT2D eigenvalue weighted by Gasteiger charge is -2.07. The fourth-order valence-corrected chi connectivity index (χ4v) is 2.15. The van der Waals surface area contributed by atoms with Crippen molar-refractivity contribution in [2.24, 2.45) is 5.10 Å². The average Bonchev–Trinajstić information content (AvgIpc) is 2.68. The Kier molecular flexibility index (Phi) is 7.83. The van der Waals surface area contributed by atoms with Crippen LogP contribution < -0.4 is 15.5 Å². The van der Waals surface area contributed by atoms with Crippen molar-refractivity contribution in [1.82, 2.24) is 10.7 Å². The molecule has 148 valence electrons. The van der Waals surface area contributed by atoms with Crippen LogP contribution in [-0.2, 0) is 4.79 Å². The summed E-state index contributed by atoms with van der Waals surface area (Å²) in [6.45, 7) is 2.45. The van der Waals surface area contributed by atoms with Gasteiger partial charge in [0, 0.05) is 17.2 Å². The van der Waals surface area contributed by atoms with Gasteiger partial charge >= 0.3 is 0 Å². The number of amides is 2. The van der Waals surface area contributed by atoms with E-state index in [4.69, 9.17) is 4.74 Å². The normalized spacial score (nSPS) is 10.6. The van der Waals surface area contributed by atoms with Gasteiger partial charge in [-0.25, -0.2) is 5.43 Å². The first kappa shape index (κ1) is 20.8. The summed E-state index contributed by atoms with van der Waals surface area (Å²) < 4.78 is 5.53. The average molecular weight is 385 g/mol. The summed E-state index contributed by atoms with van der Waals surface area (Å²) in [6, 6.07) is 10.6. The number of hydrazone groups is 1. The number of benzene rings is 2. The smallest absolute Gasteiger partial charge is 0.259 e. The van der Waals surface area contributed by atoms with Gasteiger partial charge in [-0.15, -0.1) is 0 Å². The van der Waals surface area contributed by atoms with Crippen LogP contribution in [0.25, 0.3) is 0 Å². The third-order valence-electron chi connectivity index (χ3n) is 3.70. The van der Waals surface area contributed by atoms with Gasteiger partial charge in [0.25, 0.3) is 11.8 Å². The summed E-state index contributed by atoms with van der Waals surface area (Å²) in [5.41, 5.74) is 2.97. The number of nitrogens with one attached hydrogen (secondary N) is 2. The van der Waals surface area contributed by atoms with E-state index in [2.05, 4.69) is 22.8 Å². The first-order valence-corrected chi connectivity index (χ1v) is 8.84. The predicted molar refractivity (Wildman–Crippen MR) is 105 cm³/mol. The molecular formula is C20H23N3O5. The second-order valence-corrected chi connectivity index (χ2v) is 5.95. The molecule has 0 aromatic heterocycles. The number of nitrogens with zero attached hydrogens (tertiary/aromatic N) is 1. The Bertz CT molecular complexity index is 834. The zero-order valence-corrected chi connectivity index (χ0v) is 15.5. The molecule has 0 unspecified atom stereocenters. The summed E-state index contributed by atoms with van der Waals surface area (Å²) in [7, 11) is 0. The molecule has 0 aliphatic carbocycles. The van der Waals surface area contributed by atoms with Crippen molar-refractivity contribution in [3.63, 3.8) is 0 Å². The monoisotopic (exact) mass is 385 g/mol. The Hall–Kier alpha value is -3.55. The van der Waals surface area contributed by atoms with Gasteiger partial charge in [-0.3, -0.25) is 9.59 Å². The van der Waals surface area contributed by atoms with E-state index in [0.717, 1.165) is 18.9 Å². The molecule has 0 aliphatic rings. The van der Waals surface area contributed by atoms with Crippen LogP contribution in [-0.4, -0.2) is 41.4 Å². The second kappa shape index (κ2) is 10.6. The number of aromatic hydroxyl groups is 2. The molecule has 0 spiro atoms. The number of rotatable bonds is 9. The minimum Gasteiger partial charge on any atom is -0.508 e. The Morgan fingerprint density at radius 2 is 1.89 bits per heavy atom. The maximum absolute atomic E-state index is 12.1. The summed E-state index contributed by atoms with van der Waals surface area (Å²) in [4.78, 5) is 23.8. The van der Waals surface area contributed by atoms with Crippen molar-refractivity contribution >= 4 is 18.0 Å². The second-order valence-electron chi connectivity index (χ2n) is 5.95. The largest absolute Gasteiger partial charge is 0.508 e. The van der Waals surface area contributed by atoms with Crippen LogP contribution in [0.2, 0.25) is 0 Å². The van der Waals surface area contributed by atoms with Gasteiger partial charge in [0.15, 0.2) is 0 Å². The van der Waals surface area contributed by atoms with E-state index >= 15 is 0 Å². The Morgan fingerprint density at radius 3 is 2.57 bits per heavy atom. The lowest BCUT2D eigenvalue weighted by Crippen LogP contribution is -2.34. The first-order valence-electron chi connectivity index (χ1n) is 8.84. The summed E-state index contributed by atoms with van der Waals surface area (Å²) in [5, 5.41) is 25.0. The minimum absolute atomic E-state index is 0.0815. The molecule has 2 aromatic rings. The number of phenols is 2. The van der Waals surface area contributed by atoms with Crippen molar-refractivity contribution in [1.29, 1.82) is 0 Å². The molecule has 8 nitrogen and oxygen atoms in total. The summed E-state index contributed by atoms with van der Waals surface area (Å²) >= 11 is 0. The SMILES string of the molecule is CCCCOc1ccc(C(=O)NCC(=O)N/N=C/c2ccc(O)cc2O)cc1. The van der Waals surface area contributed by atoms with Gasteiger partial charge in [0.1, 0.15) is 17.2 Å². The molecule has 0 bridgehead atoms. The van der Waals surface area contributed by atoms with E-state index < -0.39 is 11.8 Å². The molecule has 0 saturated heterocycles. The maximum atomic E-state index is 12.1. The molecule has 28 heavy (non-hydrogen) atoms. The highest BCUT2D eigenvalue weighted by Crippen LogP contribution is 2.20. The van der Waals surface area contributed by atoms with E-state index in [1.54, 1.807) is 24.3 Å². The van der Waals surface area contributed by atoms with Crippen molar-refractivity contribution < 1.29 is 24.5 Å². The molecule has 0 saturated carbocycles. The van der Waals surface area contributed by atoms with Gasteiger partial charge in [-0.05, 0) is 42.8 Å². The Labute approximate surface area is 162 Å². The Morgan fingerprint density at radius 1 is 1.14 bits per heavy atom. The van der Waals surface area contributed by atoms with Gasteiger partial charge < -0.3 is 20.3 Å². The highest BCUT2D eigenvalue weighted by molar-refractivity contribution is 5.96. The van der Waals surface area contributed by atoms with E-state index in [-0.39, 0.29) is 18.0 Å². The highest BCUT2D eigenvalue weighted by Gasteiger charge is 2.08. The zero-order chi connectivity index (χ0) is 20.4. The van der Waals surface area contributed by atoms with E-state index in [1.807, 2.05) is 0 Å². The topological polar surface area (TPSA) is 120 Å². The minimum atomic E-state index is -0.526. The molecule has 4 N–H and O–H groups in total. The number of unbranched alkanes of at least 4 members (excludes halogenated alkanes) is 1. The van der Waals surface area contributed by atoms with Crippen molar-refractivity contribution in [2.45, 2.75) is 19.8 Å².